The Hall–Kier alpha value is -1.36. The molecule has 23 heavy (non-hydrogen) atoms. The maximum absolute atomic E-state index is 12.8. The molecule has 0 N–H and O–H groups in total. The molecule has 0 radical (unpaired) electrons. The summed E-state index contributed by atoms with van der Waals surface area (Å²) >= 11 is 1.74. The van der Waals surface area contributed by atoms with Crippen LogP contribution in [0.1, 0.15) is 53.9 Å². The molecule has 2 aliphatic rings. The first-order valence-electron chi connectivity index (χ1n) is 8.65. The molecule has 3 rings (SSSR count). The number of piperidine rings is 1. The van der Waals surface area contributed by atoms with E-state index in [1.54, 1.807) is 11.3 Å². The van der Waals surface area contributed by atoms with Gasteiger partial charge in [0.15, 0.2) is 0 Å². The zero-order valence-corrected chi connectivity index (χ0v) is 14.8. The highest BCUT2D eigenvalue weighted by Crippen LogP contribution is 2.34. The molecule has 0 saturated carbocycles. The fraction of sp³-hybridized carbons (Fsp3) is 0.667. The van der Waals surface area contributed by atoms with Crippen molar-refractivity contribution in [1.82, 2.24) is 4.90 Å². The summed E-state index contributed by atoms with van der Waals surface area (Å²) in [7, 11) is 0. The number of carbonyl (C=O) groups is 2. The summed E-state index contributed by atoms with van der Waals surface area (Å²) < 4.78 is 5.09. The zero-order valence-electron chi connectivity index (χ0n) is 14.0. The number of thiophene rings is 1. The lowest BCUT2D eigenvalue weighted by atomic mass is 9.88. The second kappa shape index (κ2) is 7.04. The molecular weight excluding hydrogens is 310 g/mol. The van der Waals surface area contributed by atoms with E-state index in [0.717, 1.165) is 24.3 Å². The van der Waals surface area contributed by atoms with Crippen molar-refractivity contribution in [3.05, 3.63) is 21.4 Å². The predicted octanol–water partition coefficient (Wildman–Crippen LogP) is 3.29. The molecule has 1 aromatic rings. The standard InChI is InChI=1S/C18H25NO3S/c1-3-22-18(21)13-6-8-19(9-7-13)17(20)15-11-23-16-10-12(2)4-5-14(15)16/h11-13H,3-10H2,1-2H3/t12-/m0/s1. The number of esters is 1. The van der Waals surface area contributed by atoms with Crippen LogP contribution in [0.2, 0.25) is 0 Å². The van der Waals surface area contributed by atoms with Crippen LogP contribution in [0.4, 0.5) is 0 Å². The van der Waals surface area contributed by atoms with Gasteiger partial charge in [-0.05, 0) is 50.5 Å². The van der Waals surface area contributed by atoms with E-state index in [4.69, 9.17) is 4.74 Å². The minimum absolute atomic E-state index is 0.0451. The number of ether oxygens (including phenoxy) is 1. The predicted molar refractivity (Wildman–Crippen MR) is 90.8 cm³/mol. The number of hydrogen-bond acceptors (Lipinski definition) is 4. The summed E-state index contributed by atoms with van der Waals surface area (Å²) in [5, 5.41) is 2.04. The second-order valence-electron chi connectivity index (χ2n) is 6.72. The highest BCUT2D eigenvalue weighted by Gasteiger charge is 2.31. The lowest BCUT2D eigenvalue weighted by Gasteiger charge is -2.31. The first-order chi connectivity index (χ1) is 11.1. The zero-order chi connectivity index (χ0) is 16.4. The average Bonchev–Trinajstić information content (AvgIpc) is 2.97. The molecule has 2 heterocycles. The molecule has 0 unspecified atom stereocenters. The van der Waals surface area contributed by atoms with Gasteiger partial charge in [0.1, 0.15) is 0 Å². The van der Waals surface area contributed by atoms with Crippen molar-refractivity contribution in [2.24, 2.45) is 11.8 Å². The van der Waals surface area contributed by atoms with E-state index in [1.807, 2.05) is 17.2 Å². The number of likely N-dealkylation sites (tertiary alicyclic amines) is 1. The number of nitrogens with zero attached hydrogens (tertiary/aromatic N) is 1. The molecule has 1 aromatic heterocycles. The molecule has 1 amide bonds. The summed E-state index contributed by atoms with van der Waals surface area (Å²) in [4.78, 5) is 27.9. The Morgan fingerprint density at radius 1 is 1.30 bits per heavy atom. The summed E-state index contributed by atoms with van der Waals surface area (Å²) in [5.41, 5.74) is 2.19. The molecule has 1 saturated heterocycles. The van der Waals surface area contributed by atoms with E-state index in [0.29, 0.717) is 32.5 Å². The third-order valence-electron chi connectivity index (χ3n) is 5.03. The van der Waals surface area contributed by atoms with Gasteiger partial charge >= 0.3 is 5.97 Å². The van der Waals surface area contributed by atoms with Gasteiger partial charge in [-0.3, -0.25) is 9.59 Å². The SMILES string of the molecule is CCOC(=O)C1CCN(C(=O)c2csc3c2CC[C@H](C)C3)CC1. The normalized spacial score (nSPS) is 21.8. The van der Waals surface area contributed by atoms with Crippen LogP contribution in [0.15, 0.2) is 5.38 Å². The van der Waals surface area contributed by atoms with Gasteiger partial charge in [-0.2, -0.15) is 0 Å². The van der Waals surface area contributed by atoms with E-state index in [1.165, 1.54) is 16.9 Å². The first-order valence-corrected chi connectivity index (χ1v) is 9.53. The lowest BCUT2D eigenvalue weighted by Crippen LogP contribution is -2.40. The molecule has 5 heteroatoms. The maximum Gasteiger partial charge on any atom is 0.309 e. The van der Waals surface area contributed by atoms with Gasteiger partial charge < -0.3 is 9.64 Å². The third kappa shape index (κ3) is 3.44. The fourth-order valence-electron chi connectivity index (χ4n) is 3.61. The third-order valence-corrected chi connectivity index (χ3v) is 6.09. The summed E-state index contributed by atoms with van der Waals surface area (Å²) in [6, 6.07) is 0. The molecule has 126 valence electrons. The molecule has 0 spiro atoms. The van der Waals surface area contributed by atoms with Gasteiger partial charge in [0.25, 0.3) is 5.91 Å². The van der Waals surface area contributed by atoms with Crippen molar-refractivity contribution >= 4 is 23.2 Å². The van der Waals surface area contributed by atoms with Crippen LogP contribution in [0.25, 0.3) is 0 Å². The van der Waals surface area contributed by atoms with Crippen LogP contribution in [-0.4, -0.2) is 36.5 Å². The Bertz CT molecular complexity index is 587. The number of amides is 1. The van der Waals surface area contributed by atoms with Crippen LogP contribution in [0, 0.1) is 11.8 Å². The molecular formula is C18H25NO3S. The highest BCUT2D eigenvalue weighted by atomic mass is 32.1. The molecule has 1 fully saturated rings. The van der Waals surface area contributed by atoms with Gasteiger partial charge in [-0.25, -0.2) is 0 Å². The Balaban J connectivity index is 1.63. The first kappa shape index (κ1) is 16.5. The molecule has 0 aromatic carbocycles. The Morgan fingerprint density at radius 2 is 2.04 bits per heavy atom. The van der Waals surface area contributed by atoms with Crippen LogP contribution >= 0.6 is 11.3 Å². The second-order valence-corrected chi connectivity index (χ2v) is 7.68. The Kier molecular flexibility index (Phi) is 5.05. The molecule has 0 bridgehead atoms. The molecule has 1 aliphatic carbocycles. The van der Waals surface area contributed by atoms with Gasteiger partial charge in [-0.1, -0.05) is 6.92 Å². The van der Waals surface area contributed by atoms with Crippen molar-refractivity contribution in [2.75, 3.05) is 19.7 Å². The van der Waals surface area contributed by atoms with Crippen molar-refractivity contribution in [1.29, 1.82) is 0 Å². The van der Waals surface area contributed by atoms with Crippen molar-refractivity contribution in [3.63, 3.8) is 0 Å². The van der Waals surface area contributed by atoms with Crippen LogP contribution in [0.5, 0.6) is 0 Å². The number of fused-ring (bicyclic) bond motifs is 1. The van der Waals surface area contributed by atoms with E-state index >= 15 is 0 Å². The van der Waals surface area contributed by atoms with Crippen molar-refractivity contribution in [2.45, 2.75) is 46.0 Å². The highest BCUT2D eigenvalue weighted by molar-refractivity contribution is 7.10. The van der Waals surface area contributed by atoms with Gasteiger partial charge in [-0.15, -0.1) is 11.3 Å². The average molecular weight is 335 g/mol. The van der Waals surface area contributed by atoms with Crippen LogP contribution < -0.4 is 0 Å². The summed E-state index contributed by atoms with van der Waals surface area (Å²) in [5.74, 6) is 0.724. The van der Waals surface area contributed by atoms with E-state index < -0.39 is 0 Å². The van der Waals surface area contributed by atoms with Crippen LogP contribution in [0.3, 0.4) is 0 Å². The summed E-state index contributed by atoms with van der Waals surface area (Å²) in [6.07, 6.45) is 4.75. The number of rotatable bonds is 3. The number of hydrogen-bond donors (Lipinski definition) is 0. The van der Waals surface area contributed by atoms with Gasteiger partial charge in [0.2, 0.25) is 0 Å². The van der Waals surface area contributed by atoms with Crippen LogP contribution in [-0.2, 0) is 22.4 Å². The van der Waals surface area contributed by atoms with Crippen molar-refractivity contribution < 1.29 is 14.3 Å². The quantitative estimate of drug-likeness (QED) is 0.796. The van der Waals surface area contributed by atoms with E-state index in [9.17, 15) is 9.59 Å². The summed E-state index contributed by atoms with van der Waals surface area (Å²) in [6.45, 7) is 5.85. The van der Waals surface area contributed by atoms with Gasteiger partial charge in [0.05, 0.1) is 18.1 Å². The monoisotopic (exact) mass is 335 g/mol. The lowest BCUT2D eigenvalue weighted by molar-refractivity contribution is -0.149. The minimum Gasteiger partial charge on any atom is -0.466 e. The van der Waals surface area contributed by atoms with E-state index in [2.05, 4.69) is 6.92 Å². The maximum atomic E-state index is 12.8. The smallest absolute Gasteiger partial charge is 0.309 e. The van der Waals surface area contributed by atoms with Crippen molar-refractivity contribution in [3.8, 4) is 0 Å². The number of carbonyl (C=O) groups excluding carboxylic acids is 2. The largest absolute Gasteiger partial charge is 0.466 e. The van der Waals surface area contributed by atoms with Gasteiger partial charge in [0, 0.05) is 23.3 Å². The van der Waals surface area contributed by atoms with E-state index in [-0.39, 0.29) is 17.8 Å². The fourth-order valence-corrected chi connectivity index (χ4v) is 4.84. The molecule has 1 atom stereocenters. The Morgan fingerprint density at radius 3 is 2.74 bits per heavy atom. The minimum atomic E-state index is -0.110. The molecule has 1 aliphatic heterocycles. The Labute approximate surface area is 141 Å². The molecule has 4 nitrogen and oxygen atoms in total. The topological polar surface area (TPSA) is 46.6 Å².